The molecule has 2 N–H and O–H groups in total. The topological polar surface area (TPSA) is 107 Å². The zero-order chi connectivity index (χ0) is 20.5. The number of fused-ring (bicyclic) bond motifs is 1. The van der Waals surface area contributed by atoms with Crippen LogP contribution >= 0.6 is 11.3 Å². The first kappa shape index (κ1) is 18.8. The number of Topliss-reactive ketones (excluding diaryl/α,β-unsaturated/α-hetero) is 1. The Morgan fingerprint density at radius 3 is 2.48 bits per heavy atom. The second-order valence-corrected chi connectivity index (χ2v) is 7.37. The number of hydrogen-bond donors (Lipinski definition) is 2. The number of ether oxygens (including phenoxy) is 2. The highest BCUT2D eigenvalue weighted by molar-refractivity contribution is 7.18. The number of ketones is 1. The van der Waals surface area contributed by atoms with Gasteiger partial charge in [0.25, 0.3) is 11.8 Å². The molecule has 0 fully saturated rings. The van der Waals surface area contributed by atoms with Crippen LogP contribution in [-0.4, -0.2) is 24.4 Å². The minimum atomic E-state index is -0.405. The maximum Gasteiger partial charge on any atom is 0.291 e. The van der Waals surface area contributed by atoms with E-state index in [0.717, 1.165) is 11.3 Å². The third-order valence-electron chi connectivity index (χ3n) is 4.25. The molecule has 0 spiro atoms. The summed E-state index contributed by atoms with van der Waals surface area (Å²) in [5.41, 5.74) is 1.34. The van der Waals surface area contributed by atoms with Gasteiger partial charge in [-0.05, 0) is 43.7 Å². The molecule has 0 atom stereocenters. The molecule has 1 aliphatic rings. The predicted octanol–water partition coefficient (Wildman–Crippen LogP) is 4.09. The lowest BCUT2D eigenvalue weighted by Crippen LogP contribution is -2.14. The molecular weight excluding hydrogens is 396 g/mol. The molecule has 3 aromatic rings. The fraction of sp³-hybridized carbons (Fsp3) is 0.150. The van der Waals surface area contributed by atoms with Crippen molar-refractivity contribution in [2.45, 2.75) is 13.8 Å². The van der Waals surface area contributed by atoms with Crippen molar-refractivity contribution in [3.05, 3.63) is 58.4 Å². The number of aryl methyl sites for hydroxylation is 1. The van der Waals surface area contributed by atoms with E-state index in [0.29, 0.717) is 38.2 Å². The molecule has 2 amide bonds. The lowest BCUT2D eigenvalue weighted by atomic mass is 10.1. The highest BCUT2D eigenvalue weighted by atomic mass is 32.1. The van der Waals surface area contributed by atoms with Crippen molar-refractivity contribution >= 4 is 39.6 Å². The van der Waals surface area contributed by atoms with Crippen molar-refractivity contribution in [3.63, 3.8) is 0 Å². The van der Waals surface area contributed by atoms with Crippen LogP contribution in [0.15, 0.2) is 41.0 Å². The van der Waals surface area contributed by atoms with Crippen molar-refractivity contribution < 1.29 is 28.3 Å². The Bertz CT molecular complexity index is 1120. The van der Waals surface area contributed by atoms with Crippen molar-refractivity contribution in [3.8, 4) is 11.5 Å². The number of rotatable bonds is 5. The molecule has 0 bridgehead atoms. The first-order valence-corrected chi connectivity index (χ1v) is 9.45. The number of amides is 2. The maximum absolute atomic E-state index is 12.8. The third-order valence-corrected chi connectivity index (χ3v) is 5.40. The molecule has 8 nitrogen and oxygen atoms in total. The summed E-state index contributed by atoms with van der Waals surface area (Å²) in [7, 11) is 0. The average molecular weight is 412 g/mol. The number of furan rings is 1. The molecule has 29 heavy (non-hydrogen) atoms. The summed E-state index contributed by atoms with van der Waals surface area (Å²) in [6.45, 7) is 3.23. The van der Waals surface area contributed by atoms with Crippen LogP contribution in [0.3, 0.4) is 0 Å². The molecule has 0 radical (unpaired) electrons. The van der Waals surface area contributed by atoms with Gasteiger partial charge in [-0.15, -0.1) is 11.3 Å². The minimum absolute atomic E-state index is 0.0623. The van der Waals surface area contributed by atoms with Crippen LogP contribution in [0, 0.1) is 6.92 Å². The van der Waals surface area contributed by atoms with E-state index in [1.54, 1.807) is 37.3 Å². The maximum atomic E-state index is 12.8. The number of nitrogens with one attached hydrogen (secondary N) is 2. The van der Waals surface area contributed by atoms with Crippen LogP contribution in [0.5, 0.6) is 11.5 Å². The first-order valence-electron chi connectivity index (χ1n) is 8.63. The molecule has 0 unspecified atom stereocenters. The van der Waals surface area contributed by atoms with Crippen LogP contribution in [0.2, 0.25) is 0 Å². The van der Waals surface area contributed by atoms with E-state index in [1.165, 1.54) is 13.2 Å². The van der Waals surface area contributed by atoms with Crippen molar-refractivity contribution in [2.24, 2.45) is 0 Å². The van der Waals surface area contributed by atoms with Crippen molar-refractivity contribution in [2.75, 3.05) is 17.4 Å². The van der Waals surface area contributed by atoms with Gasteiger partial charge in [-0.2, -0.15) is 0 Å². The van der Waals surface area contributed by atoms with Gasteiger partial charge in [0.2, 0.25) is 6.79 Å². The van der Waals surface area contributed by atoms with Crippen LogP contribution in [0.4, 0.5) is 10.7 Å². The van der Waals surface area contributed by atoms with E-state index < -0.39 is 11.8 Å². The molecule has 9 heteroatoms. The molecule has 4 rings (SSSR count). The Balaban J connectivity index is 1.56. The number of thiophene rings is 1. The quantitative estimate of drug-likeness (QED) is 0.612. The first-order chi connectivity index (χ1) is 13.9. The minimum Gasteiger partial charge on any atom is -0.459 e. The standard InChI is InChI=1S/C20H16N2O6S/c1-10-6-17(22-19(24)14-4-3-5-26-14)29-18(10)20(25)21-13-8-16-15(27-9-28-16)7-12(13)11(2)23/h3-8H,9H2,1-2H3,(H,21,25)(H,22,24). The molecule has 1 aromatic carbocycles. The van der Waals surface area contributed by atoms with Gasteiger partial charge in [-0.1, -0.05) is 0 Å². The Morgan fingerprint density at radius 1 is 1.03 bits per heavy atom. The van der Waals surface area contributed by atoms with E-state index in [-0.39, 0.29) is 18.3 Å². The van der Waals surface area contributed by atoms with Gasteiger partial charge in [0.1, 0.15) is 0 Å². The number of carbonyl (C=O) groups is 3. The van der Waals surface area contributed by atoms with E-state index in [4.69, 9.17) is 13.9 Å². The zero-order valence-electron chi connectivity index (χ0n) is 15.5. The molecule has 0 saturated carbocycles. The Morgan fingerprint density at radius 2 is 1.79 bits per heavy atom. The van der Waals surface area contributed by atoms with Crippen molar-refractivity contribution in [1.82, 2.24) is 0 Å². The summed E-state index contributed by atoms with van der Waals surface area (Å²) in [5.74, 6) is 0.0784. The molecule has 1 aliphatic heterocycles. The van der Waals surface area contributed by atoms with E-state index in [9.17, 15) is 14.4 Å². The summed E-state index contributed by atoms with van der Waals surface area (Å²) >= 11 is 1.13. The number of benzene rings is 1. The molecule has 148 valence electrons. The average Bonchev–Trinajstić information content (AvgIpc) is 3.41. The fourth-order valence-corrected chi connectivity index (χ4v) is 3.83. The van der Waals surface area contributed by atoms with Gasteiger partial charge < -0.3 is 24.5 Å². The number of anilines is 2. The van der Waals surface area contributed by atoms with Gasteiger partial charge in [-0.25, -0.2) is 0 Å². The zero-order valence-corrected chi connectivity index (χ0v) is 16.3. The highest BCUT2D eigenvalue weighted by Gasteiger charge is 2.22. The molecular formula is C20H16N2O6S. The van der Waals surface area contributed by atoms with Gasteiger partial charge in [0, 0.05) is 11.6 Å². The van der Waals surface area contributed by atoms with Crippen LogP contribution in [-0.2, 0) is 0 Å². The summed E-state index contributed by atoms with van der Waals surface area (Å²) in [4.78, 5) is 37.3. The molecule has 3 heterocycles. The summed E-state index contributed by atoms with van der Waals surface area (Å²) in [5, 5.41) is 5.97. The largest absolute Gasteiger partial charge is 0.459 e. The van der Waals surface area contributed by atoms with E-state index in [2.05, 4.69) is 10.6 Å². The lowest BCUT2D eigenvalue weighted by molar-refractivity contribution is 0.0992. The summed E-state index contributed by atoms with van der Waals surface area (Å²) < 4.78 is 15.7. The van der Waals surface area contributed by atoms with Crippen molar-refractivity contribution in [1.29, 1.82) is 0 Å². The SMILES string of the molecule is CC(=O)c1cc2c(cc1NC(=O)c1sc(NC(=O)c3ccco3)cc1C)OCO2. The van der Waals surface area contributed by atoms with E-state index in [1.807, 2.05) is 0 Å². The second-order valence-electron chi connectivity index (χ2n) is 6.32. The second kappa shape index (κ2) is 7.44. The predicted molar refractivity (Wildman–Crippen MR) is 106 cm³/mol. The van der Waals surface area contributed by atoms with Crippen LogP contribution in [0.1, 0.15) is 43.1 Å². The number of hydrogen-bond acceptors (Lipinski definition) is 7. The summed E-state index contributed by atoms with van der Waals surface area (Å²) in [6.07, 6.45) is 1.41. The van der Waals surface area contributed by atoms with Gasteiger partial charge in [0.05, 0.1) is 21.8 Å². The number of carbonyl (C=O) groups excluding carboxylic acids is 3. The summed E-state index contributed by atoms with van der Waals surface area (Å²) in [6, 6.07) is 7.99. The van der Waals surface area contributed by atoms with Gasteiger partial charge in [0.15, 0.2) is 23.0 Å². The Hall–Kier alpha value is -3.59. The fourth-order valence-electron chi connectivity index (χ4n) is 2.87. The molecule has 0 saturated heterocycles. The Labute approximate surface area is 169 Å². The molecule has 2 aromatic heterocycles. The molecule has 0 aliphatic carbocycles. The van der Waals surface area contributed by atoms with Crippen LogP contribution < -0.4 is 20.1 Å². The van der Waals surface area contributed by atoms with Gasteiger partial charge in [-0.3, -0.25) is 14.4 Å². The van der Waals surface area contributed by atoms with Gasteiger partial charge >= 0.3 is 0 Å². The lowest BCUT2D eigenvalue weighted by Gasteiger charge is -2.10. The normalized spacial score (nSPS) is 11.9. The van der Waals surface area contributed by atoms with Crippen LogP contribution in [0.25, 0.3) is 0 Å². The smallest absolute Gasteiger partial charge is 0.291 e. The highest BCUT2D eigenvalue weighted by Crippen LogP contribution is 2.38. The monoisotopic (exact) mass is 412 g/mol. The third kappa shape index (κ3) is 3.72. The Kier molecular flexibility index (Phi) is 4.81. The van der Waals surface area contributed by atoms with E-state index >= 15 is 0 Å².